The van der Waals surface area contributed by atoms with Crippen LogP contribution in [0.25, 0.3) is 6.08 Å². The van der Waals surface area contributed by atoms with E-state index in [0.29, 0.717) is 43.9 Å². The number of nitrogens with one attached hydrogen (secondary N) is 1. The zero-order valence-electron chi connectivity index (χ0n) is 17.2. The van der Waals surface area contributed by atoms with E-state index in [1.807, 2.05) is 30.3 Å². The van der Waals surface area contributed by atoms with Crippen LogP contribution in [0.15, 0.2) is 69.1 Å². The maximum Gasteiger partial charge on any atom is 0.266 e. The summed E-state index contributed by atoms with van der Waals surface area (Å²) in [5.74, 6) is 0.382. The van der Waals surface area contributed by atoms with Crippen molar-refractivity contribution >= 4 is 72.7 Å². The number of nitriles is 1. The van der Waals surface area contributed by atoms with Crippen LogP contribution in [-0.2, 0) is 11.4 Å². The van der Waals surface area contributed by atoms with Gasteiger partial charge in [0.25, 0.3) is 5.91 Å². The highest BCUT2D eigenvalue weighted by Gasteiger charge is 2.15. The summed E-state index contributed by atoms with van der Waals surface area (Å²) in [4.78, 5) is 12.6. The molecule has 0 fully saturated rings. The van der Waals surface area contributed by atoms with Crippen LogP contribution in [0.1, 0.15) is 11.1 Å². The molecule has 5 nitrogen and oxygen atoms in total. The van der Waals surface area contributed by atoms with E-state index >= 15 is 0 Å². The molecule has 33 heavy (non-hydrogen) atoms. The second-order valence-electron chi connectivity index (χ2n) is 6.70. The molecule has 1 N–H and O–H groups in total. The summed E-state index contributed by atoms with van der Waals surface area (Å²) in [5, 5.41) is 12.8. The first-order valence-corrected chi connectivity index (χ1v) is 11.8. The SMILES string of the molecule is COc1cc(/C=C(\C#N)C(=O)Nc2ccc(Cl)c(Cl)c2)cc(Br)c1OCc1ccc(Br)cc1. The number of ether oxygens (including phenoxy) is 2. The number of rotatable bonds is 7. The summed E-state index contributed by atoms with van der Waals surface area (Å²) >= 11 is 18.8. The second kappa shape index (κ2) is 11.6. The third kappa shape index (κ3) is 6.75. The van der Waals surface area contributed by atoms with Gasteiger partial charge in [-0.25, -0.2) is 0 Å². The molecule has 0 atom stereocenters. The van der Waals surface area contributed by atoms with Crippen LogP contribution < -0.4 is 14.8 Å². The van der Waals surface area contributed by atoms with Gasteiger partial charge in [0.05, 0.1) is 21.6 Å². The zero-order chi connectivity index (χ0) is 24.0. The number of benzene rings is 3. The molecular formula is C24H16Br2Cl2N2O3. The van der Waals surface area contributed by atoms with Crippen molar-refractivity contribution in [3.8, 4) is 17.6 Å². The normalized spacial score (nSPS) is 11.0. The summed E-state index contributed by atoms with van der Waals surface area (Å²) in [5.41, 5.74) is 1.89. The number of hydrogen-bond donors (Lipinski definition) is 1. The van der Waals surface area contributed by atoms with Gasteiger partial charge >= 0.3 is 0 Å². The van der Waals surface area contributed by atoms with Crippen LogP contribution in [0, 0.1) is 11.3 Å². The Kier molecular flexibility index (Phi) is 8.81. The first-order valence-electron chi connectivity index (χ1n) is 9.43. The number of carbonyl (C=O) groups excluding carboxylic acids is 1. The quantitative estimate of drug-likeness (QED) is 0.220. The van der Waals surface area contributed by atoms with Gasteiger partial charge < -0.3 is 14.8 Å². The molecular weight excluding hydrogens is 595 g/mol. The van der Waals surface area contributed by atoms with E-state index < -0.39 is 5.91 Å². The Morgan fingerprint density at radius 1 is 1.09 bits per heavy atom. The minimum Gasteiger partial charge on any atom is -0.493 e. The van der Waals surface area contributed by atoms with Crippen molar-refractivity contribution in [3.05, 3.63) is 90.3 Å². The molecule has 0 radical (unpaired) electrons. The molecule has 0 aliphatic carbocycles. The van der Waals surface area contributed by atoms with Crippen molar-refractivity contribution in [2.45, 2.75) is 6.61 Å². The first-order chi connectivity index (χ1) is 15.8. The predicted molar refractivity (Wildman–Crippen MR) is 138 cm³/mol. The number of amides is 1. The summed E-state index contributed by atoms with van der Waals surface area (Å²) in [7, 11) is 1.52. The van der Waals surface area contributed by atoms with Crippen LogP contribution in [0.2, 0.25) is 10.0 Å². The Labute approximate surface area is 218 Å². The van der Waals surface area contributed by atoms with Crippen LogP contribution in [0.4, 0.5) is 5.69 Å². The maximum absolute atomic E-state index is 12.6. The van der Waals surface area contributed by atoms with Crippen LogP contribution in [-0.4, -0.2) is 13.0 Å². The average Bonchev–Trinajstić information content (AvgIpc) is 2.79. The third-order valence-corrected chi connectivity index (χ3v) is 6.26. The molecule has 9 heteroatoms. The van der Waals surface area contributed by atoms with Crippen molar-refractivity contribution in [1.82, 2.24) is 0 Å². The van der Waals surface area contributed by atoms with Crippen LogP contribution >= 0.6 is 55.1 Å². The number of nitrogens with zero attached hydrogens (tertiary/aromatic N) is 1. The lowest BCUT2D eigenvalue weighted by Crippen LogP contribution is -2.13. The Balaban J connectivity index is 1.81. The van der Waals surface area contributed by atoms with Gasteiger partial charge in [-0.15, -0.1) is 0 Å². The molecule has 3 aromatic rings. The lowest BCUT2D eigenvalue weighted by atomic mass is 10.1. The van der Waals surface area contributed by atoms with Crippen molar-refractivity contribution < 1.29 is 14.3 Å². The van der Waals surface area contributed by atoms with Gasteiger partial charge in [-0.2, -0.15) is 5.26 Å². The van der Waals surface area contributed by atoms with E-state index in [4.69, 9.17) is 32.7 Å². The van der Waals surface area contributed by atoms with Gasteiger partial charge in [0.1, 0.15) is 18.2 Å². The highest BCUT2D eigenvalue weighted by atomic mass is 79.9. The van der Waals surface area contributed by atoms with Gasteiger partial charge in [0, 0.05) is 10.2 Å². The molecule has 168 valence electrons. The fraction of sp³-hybridized carbons (Fsp3) is 0.0833. The largest absolute Gasteiger partial charge is 0.493 e. The first kappa shape index (κ1) is 25.1. The number of anilines is 1. The van der Waals surface area contributed by atoms with E-state index in [9.17, 15) is 10.1 Å². The van der Waals surface area contributed by atoms with E-state index in [1.54, 1.807) is 24.3 Å². The Bertz CT molecular complexity index is 1260. The number of hydrogen-bond acceptors (Lipinski definition) is 4. The van der Waals surface area contributed by atoms with E-state index in [2.05, 4.69) is 37.2 Å². The molecule has 0 aliphatic heterocycles. The van der Waals surface area contributed by atoms with Crippen LogP contribution in [0.5, 0.6) is 11.5 Å². The molecule has 0 saturated carbocycles. The average molecular weight is 611 g/mol. The summed E-state index contributed by atoms with van der Waals surface area (Å²) in [6.45, 7) is 0.340. The minimum atomic E-state index is -0.582. The fourth-order valence-corrected chi connectivity index (χ4v) is 3.92. The molecule has 1 amide bonds. The third-order valence-electron chi connectivity index (χ3n) is 4.40. The van der Waals surface area contributed by atoms with E-state index in [-0.39, 0.29) is 5.57 Å². The highest BCUT2D eigenvalue weighted by molar-refractivity contribution is 9.10. The smallest absolute Gasteiger partial charge is 0.266 e. The fourth-order valence-electron chi connectivity index (χ4n) is 2.79. The summed E-state index contributed by atoms with van der Waals surface area (Å²) in [6.07, 6.45) is 1.46. The molecule has 0 bridgehead atoms. The zero-order valence-corrected chi connectivity index (χ0v) is 21.8. The standard InChI is InChI=1S/C24H16Br2Cl2N2O3/c1-32-22-10-15(9-19(26)23(22)33-13-14-2-4-17(25)5-3-14)8-16(12-29)24(31)30-18-6-7-20(27)21(28)11-18/h2-11H,13H2,1H3,(H,30,31)/b16-8+. The summed E-state index contributed by atoms with van der Waals surface area (Å²) < 4.78 is 13.0. The Morgan fingerprint density at radius 3 is 2.45 bits per heavy atom. The van der Waals surface area contributed by atoms with E-state index in [1.165, 1.54) is 19.3 Å². The lowest BCUT2D eigenvalue weighted by molar-refractivity contribution is -0.112. The number of carbonyl (C=O) groups is 1. The van der Waals surface area contributed by atoms with Crippen LogP contribution in [0.3, 0.4) is 0 Å². The van der Waals surface area contributed by atoms with Crippen molar-refractivity contribution in [2.24, 2.45) is 0 Å². The summed E-state index contributed by atoms with van der Waals surface area (Å²) in [6, 6.07) is 17.8. The molecule has 0 spiro atoms. The van der Waals surface area contributed by atoms with Gasteiger partial charge in [-0.3, -0.25) is 4.79 Å². The van der Waals surface area contributed by atoms with Crippen molar-refractivity contribution in [2.75, 3.05) is 12.4 Å². The monoisotopic (exact) mass is 608 g/mol. The Morgan fingerprint density at radius 2 is 1.82 bits per heavy atom. The Hall–Kier alpha value is -2.50. The topological polar surface area (TPSA) is 71.3 Å². The second-order valence-corrected chi connectivity index (χ2v) is 9.29. The maximum atomic E-state index is 12.6. The van der Waals surface area contributed by atoms with Gasteiger partial charge in [0.2, 0.25) is 0 Å². The van der Waals surface area contributed by atoms with E-state index in [0.717, 1.165) is 10.0 Å². The van der Waals surface area contributed by atoms with Gasteiger partial charge in [-0.05, 0) is 75.6 Å². The van der Waals surface area contributed by atoms with Gasteiger partial charge in [-0.1, -0.05) is 51.3 Å². The molecule has 3 rings (SSSR count). The molecule has 0 aromatic heterocycles. The molecule has 0 aliphatic rings. The van der Waals surface area contributed by atoms with Crippen molar-refractivity contribution in [3.63, 3.8) is 0 Å². The molecule has 3 aromatic carbocycles. The van der Waals surface area contributed by atoms with Crippen molar-refractivity contribution in [1.29, 1.82) is 5.26 Å². The number of halogens is 4. The molecule has 0 unspecified atom stereocenters. The minimum absolute atomic E-state index is 0.0986. The highest BCUT2D eigenvalue weighted by Crippen LogP contribution is 2.38. The lowest BCUT2D eigenvalue weighted by Gasteiger charge is -2.14. The van der Waals surface area contributed by atoms with Gasteiger partial charge in [0.15, 0.2) is 11.5 Å². The number of methoxy groups -OCH3 is 1. The predicted octanol–water partition coefficient (Wildman–Crippen LogP) is 7.65. The molecule has 0 heterocycles. The molecule has 0 saturated heterocycles.